The van der Waals surface area contributed by atoms with Crippen LogP contribution in [0.3, 0.4) is 0 Å². The summed E-state index contributed by atoms with van der Waals surface area (Å²) in [6.45, 7) is 3.45. The maximum Gasteiger partial charge on any atom is 0.0254 e. The molecule has 0 radical (unpaired) electrons. The van der Waals surface area contributed by atoms with Crippen molar-refractivity contribution in [2.45, 2.75) is 0 Å². The molecule has 0 saturated heterocycles. The molecule has 0 saturated carbocycles. The van der Waals surface area contributed by atoms with Crippen molar-refractivity contribution < 1.29 is 0 Å². The van der Waals surface area contributed by atoms with Crippen LogP contribution in [0, 0.1) is 0 Å². The molecule has 5 heavy (non-hydrogen) atoms. The third-order valence-corrected chi connectivity index (χ3v) is 0.642. The van der Waals surface area contributed by atoms with Gasteiger partial charge in [-0.05, 0) is 0 Å². The van der Waals surface area contributed by atoms with Crippen molar-refractivity contribution in [3.63, 3.8) is 0 Å². The second-order valence-corrected chi connectivity index (χ2v) is 1.29. The summed E-state index contributed by atoms with van der Waals surface area (Å²) in [6, 6.07) is 0. The molecular formula is C3H7NS. The lowest BCUT2D eigenvalue weighted by atomic mass is 10.8. The summed E-state index contributed by atoms with van der Waals surface area (Å²) in [4.78, 5) is 0. The van der Waals surface area contributed by atoms with E-state index in [9.17, 15) is 0 Å². The molecule has 0 amide bonds. The van der Waals surface area contributed by atoms with Gasteiger partial charge in [-0.2, -0.15) is 0 Å². The summed E-state index contributed by atoms with van der Waals surface area (Å²) in [5.74, 6) is 0.847. The Morgan fingerprint density at radius 2 is 2.60 bits per heavy atom. The van der Waals surface area contributed by atoms with E-state index in [-0.39, 0.29) is 0 Å². The van der Waals surface area contributed by atoms with E-state index in [2.05, 4.69) is 6.58 Å². The molecular weight excluding hydrogens is 82.1 g/mol. The monoisotopic (exact) mass is 89.0 g/mol. The van der Waals surface area contributed by atoms with Gasteiger partial charge in [0.15, 0.2) is 0 Å². The topological polar surface area (TPSA) is 26.0 Å². The predicted molar refractivity (Wildman–Crippen MR) is 26.8 cm³/mol. The van der Waals surface area contributed by atoms with Gasteiger partial charge in [-0.1, -0.05) is 18.0 Å². The average molecular weight is 89.2 g/mol. The van der Waals surface area contributed by atoms with Crippen LogP contribution in [0.15, 0.2) is 12.7 Å². The Morgan fingerprint density at radius 1 is 2.00 bits per heavy atom. The van der Waals surface area contributed by atoms with Gasteiger partial charge >= 0.3 is 0 Å². The van der Waals surface area contributed by atoms with E-state index in [1.807, 2.05) is 0 Å². The van der Waals surface area contributed by atoms with Gasteiger partial charge in [0.25, 0.3) is 0 Å². The summed E-state index contributed by atoms with van der Waals surface area (Å²) >= 11 is 1.28. The number of hydrogen-bond acceptors (Lipinski definition) is 2. The second-order valence-electron chi connectivity index (χ2n) is 0.622. The van der Waals surface area contributed by atoms with Crippen LogP contribution in [0.25, 0.3) is 0 Å². The van der Waals surface area contributed by atoms with Crippen LogP contribution >= 0.6 is 11.9 Å². The van der Waals surface area contributed by atoms with E-state index in [0.717, 1.165) is 5.75 Å². The highest BCUT2D eigenvalue weighted by Crippen LogP contribution is 1.80. The van der Waals surface area contributed by atoms with Crippen LogP contribution in [-0.2, 0) is 0 Å². The molecule has 0 aromatic heterocycles. The second kappa shape index (κ2) is 4.05. The Labute approximate surface area is 36.4 Å². The first-order valence-corrected chi connectivity index (χ1v) is 2.39. The molecule has 1 nitrogen and oxygen atoms in total. The number of nitrogens with two attached hydrogens (primary N) is 1. The van der Waals surface area contributed by atoms with Crippen molar-refractivity contribution >= 4 is 11.9 Å². The zero-order chi connectivity index (χ0) is 4.12. The standard InChI is InChI=1S/C3H7NS/c1-2-3-5-4/h2H,1,3-4H2. The molecule has 0 spiro atoms. The molecule has 2 heteroatoms. The van der Waals surface area contributed by atoms with Crippen molar-refractivity contribution in [1.82, 2.24) is 0 Å². The van der Waals surface area contributed by atoms with Crippen LogP contribution in [0.1, 0.15) is 0 Å². The molecule has 0 atom stereocenters. The molecule has 0 aromatic rings. The largest absolute Gasteiger partial charge is 0.278 e. The van der Waals surface area contributed by atoms with E-state index in [1.54, 1.807) is 6.08 Å². The Kier molecular flexibility index (Phi) is 4.09. The first-order valence-electron chi connectivity index (χ1n) is 1.34. The average Bonchev–Trinajstić information content (AvgIpc) is 1.41. The van der Waals surface area contributed by atoms with Gasteiger partial charge in [0, 0.05) is 5.75 Å². The zero-order valence-electron chi connectivity index (χ0n) is 2.98. The fraction of sp³-hybridized carbons (Fsp3) is 0.333. The quantitative estimate of drug-likeness (QED) is 0.399. The zero-order valence-corrected chi connectivity index (χ0v) is 3.79. The van der Waals surface area contributed by atoms with Crippen molar-refractivity contribution in [2.24, 2.45) is 5.14 Å². The van der Waals surface area contributed by atoms with E-state index in [0.29, 0.717) is 0 Å². The molecule has 0 aliphatic carbocycles. The lowest BCUT2D eigenvalue weighted by Gasteiger charge is -1.74. The first-order chi connectivity index (χ1) is 2.41. The Balaban J connectivity index is 2.40. The number of rotatable bonds is 2. The minimum Gasteiger partial charge on any atom is -0.278 e. The van der Waals surface area contributed by atoms with Crippen LogP contribution in [-0.4, -0.2) is 5.75 Å². The van der Waals surface area contributed by atoms with Crippen molar-refractivity contribution in [1.29, 1.82) is 0 Å². The minimum atomic E-state index is 0.847. The summed E-state index contributed by atoms with van der Waals surface area (Å²) in [7, 11) is 0. The van der Waals surface area contributed by atoms with Gasteiger partial charge in [-0.15, -0.1) is 6.58 Å². The van der Waals surface area contributed by atoms with Crippen LogP contribution < -0.4 is 5.14 Å². The van der Waals surface area contributed by atoms with E-state index in [1.165, 1.54) is 11.9 Å². The van der Waals surface area contributed by atoms with Gasteiger partial charge < -0.3 is 0 Å². The van der Waals surface area contributed by atoms with E-state index >= 15 is 0 Å². The van der Waals surface area contributed by atoms with Gasteiger partial charge in [-0.25, -0.2) is 0 Å². The SMILES string of the molecule is C=CCSN. The fourth-order valence-corrected chi connectivity index (χ4v) is 0.204. The van der Waals surface area contributed by atoms with Crippen LogP contribution in [0.4, 0.5) is 0 Å². The highest BCUT2D eigenvalue weighted by Gasteiger charge is 1.61. The van der Waals surface area contributed by atoms with Gasteiger partial charge in [0.1, 0.15) is 0 Å². The molecule has 0 aromatic carbocycles. The van der Waals surface area contributed by atoms with E-state index < -0.39 is 0 Å². The minimum absolute atomic E-state index is 0.847. The smallest absolute Gasteiger partial charge is 0.0254 e. The first kappa shape index (κ1) is 5.05. The molecule has 0 heterocycles. The van der Waals surface area contributed by atoms with Crippen molar-refractivity contribution in [3.05, 3.63) is 12.7 Å². The molecule has 2 N–H and O–H groups in total. The van der Waals surface area contributed by atoms with Crippen molar-refractivity contribution in [3.8, 4) is 0 Å². The predicted octanol–water partition coefficient (Wildman–Crippen LogP) is 0.779. The molecule has 0 aliphatic heterocycles. The highest BCUT2D eigenvalue weighted by atomic mass is 32.2. The lowest BCUT2D eigenvalue weighted by Crippen LogP contribution is -1.76. The highest BCUT2D eigenvalue weighted by molar-refractivity contribution is 7.97. The molecule has 0 rings (SSSR count). The van der Waals surface area contributed by atoms with Crippen molar-refractivity contribution in [2.75, 3.05) is 5.75 Å². The Morgan fingerprint density at radius 3 is 2.60 bits per heavy atom. The maximum atomic E-state index is 4.98. The molecule has 30 valence electrons. The van der Waals surface area contributed by atoms with Gasteiger partial charge in [0.05, 0.1) is 0 Å². The summed E-state index contributed by atoms with van der Waals surface area (Å²) in [6.07, 6.45) is 1.77. The van der Waals surface area contributed by atoms with E-state index in [4.69, 9.17) is 5.14 Å². The third kappa shape index (κ3) is 4.05. The molecule has 0 unspecified atom stereocenters. The summed E-state index contributed by atoms with van der Waals surface area (Å²) in [5, 5.41) is 4.98. The maximum absolute atomic E-state index is 4.98. The third-order valence-electron chi connectivity index (χ3n) is 0.214. The molecule has 0 bridgehead atoms. The van der Waals surface area contributed by atoms with Gasteiger partial charge in [-0.3, -0.25) is 5.14 Å². The van der Waals surface area contributed by atoms with Gasteiger partial charge in [0.2, 0.25) is 0 Å². The summed E-state index contributed by atoms with van der Waals surface area (Å²) < 4.78 is 0. The molecule has 0 fully saturated rings. The molecule has 0 aliphatic rings. The Hall–Kier alpha value is 0.0500. The Bertz CT molecular complexity index is 28.1. The fourth-order valence-electron chi connectivity index (χ4n) is 0.0680. The lowest BCUT2D eigenvalue weighted by molar-refractivity contribution is 1.79. The van der Waals surface area contributed by atoms with Crippen LogP contribution in [0.5, 0.6) is 0 Å². The summed E-state index contributed by atoms with van der Waals surface area (Å²) in [5.41, 5.74) is 0. The number of hydrogen-bond donors (Lipinski definition) is 1. The normalized spacial score (nSPS) is 7.40. The van der Waals surface area contributed by atoms with Crippen LogP contribution in [0.2, 0.25) is 0 Å².